The molecule has 12 heteroatoms. The van der Waals surface area contributed by atoms with Crippen LogP contribution in [0.1, 0.15) is 54.6 Å². The lowest BCUT2D eigenvalue weighted by Gasteiger charge is -2.12. The van der Waals surface area contributed by atoms with Crippen molar-refractivity contribution in [3.63, 3.8) is 0 Å². The van der Waals surface area contributed by atoms with Gasteiger partial charge in [0.25, 0.3) is 11.8 Å². The first-order chi connectivity index (χ1) is 19.0. The largest absolute Gasteiger partial charge is 0.487 e. The molecule has 3 heterocycles. The van der Waals surface area contributed by atoms with Crippen molar-refractivity contribution in [2.24, 2.45) is 0 Å². The Balaban J connectivity index is 1.40. The first kappa shape index (κ1) is 28.3. The SMILES string of the molecule is CNC(=O)c1cc(Cn2nc(C)c(NC(=O)c3ccc(COc4ccc(C(F)(F)F)cc4C)nc3)c2C)ccn1. The van der Waals surface area contributed by atoms with Gasteiger partial charge in [-0.2, -0.15) is 18.3 Å². The maximum absolute atomic E-state index is 12.9. The number of anilines is 1. The Hall–Kier alpha value is -4.74. The number of ether oxygens (including phenoxy) is 1. The lowest BCUT2D eigenvalue weighted by molar-refractivity contribution is -0.137. The molecule has 208 valence electrons. The van der Waals surface area contributed by atoms with Crippen molar-refractivity contribution in [2.45, 2.75) is 40.1 Å². The van der Waals surface area contributed by atoms with Gasteiger partial charge in [0.05, 0.1) is 40.4 Å². The minimum atomic E-state index is -4.42. The average Bonchev–Trinajstić information content (AvgIpc) is 3.18. The number of aromatic nitrogens is 4. The molecule has 0 radical (unpaired) electrons. The molecular formula is C28H27F3N6O3. The van der Waals surface area contributed by atoms with Crippen LogP contribution in [0.4, 0.5) is 18.9 Å². The van der Waals surface area contributed by atoms with Gasteiger partial charge in [-0.3, -0.25) is 24.2 Å². The second-order valence-electron chi connectivity index (χ2n) is 9.09. The van der Waals surface area contributed by atoms with Crippen LogP contribution in [-0.4, -0.2) is 38.6 Å². The van der Waals surface area contributed by atoms with E-state index in [0.29, 0.717) is 46.2 Å². The van der Waals surface area contributed by atoms with Crippen LogP contribution in [-0.2, 0) is 19.3 Å². The van der Waals surface area contributed by atoms with E-state index in [9.17, 15) is 22.8 Å². The van der Waals surface area contributed by atoms with Gasteiger partial charge in [-0.05, 0) is 74.4 Å². The molecule has 2 N–H and O–H groups in total. The fourth-order valence-corrected chi connectivity index (χ4v) is 4.00. The summed E-state index contributed by atoms with van der Waals surface area (Å²) in [5.74, 6) is -0.351. The maximum Gasteiger partial charge on any atom is 0.416 e. The number of rotatable bonds is 8. The Kier molecular flexibility index (Phi) is 8.17. The van der Waals surface area contributed by atoms with Gasteiger partial charge in [-0.15, -0.1) is 0 Å². The van der Waals surface area contributed by atoms with Crippen molar-refractivity contribution < 1.29 is 27.5 Å². The van der Waals surface area contributed by atoms with Crippen molar-refractivity contribution in [3.8, 4) is 5.75 Å². The van der Waals surface area contributed by atoms with Gasteiger partial charge in [-0.1, -0.05) is 0 Å². The molecule has 0 aliphatic carbocycles. The summed E-state index contributed by atoms with van der Waals surface area (Å²) in [6.45, 7) is 5.55. The highest BCUT2D eigenvalue weighted by atomic mass is 19.4. The van der Waals surface area contributed by atoms with Crippen molar-refractivity contribution in [2.75, 3.05) is 12.4 Å². The minimum absolute atomic E-state index is 0.0235. The monoisotopic (exact) mass is 552 g/mol. The first-order valence-electron chi connectivity index (χ1n) is 12.2. The number of hydrogen-bond donors (Lipinski definition) is 2. The van der Waals surface area contributed by atoms with Crippen molar-refractivity contribution in [1.29, 1.82) is 0 Å². The van der Waals surface area contributed by atoms with Crippen molar-refractivity contribution in [3.05, 3.63) is 99.9 Å². The van der Waals surface area contributed by atoms with E-state index < -0.39 is 11.7 Å². The fourth-order valence-electron chi connectivity index (χ4n) is 4.00. The number of alkyl halides is 3. The topological polar surface area (TPSA) is 111 Å². The number of pyridine rings is 2. The van der Waals surface area contributed by atoms with E-state index in [0.717, 1.165) is 23.4 Å². The minimum Gasteiger partial charge on any atom is -0.487 e. The highest BCUT2D eigenvalue weighted by Crippen LogP contribution is 2.32. The van der Waals surface area contributed by atoms with Crippen LogP contribution >= 0.6 is 0 Å². The summed E-state index contributed by atoms with van der Waals surface area (Å²) in [7, 11) is 1.54. The molecule has 0 atom stereocenters. The zero-order valence-electron chi connectivity index (χ0n) is 22.3. The van der Waals surface area contributed by atoms with Gasteiger partial charge < -0.3 is 15.4 Å². The number of carbonyl (C=O) groups is 2. The first-order valence-corrected chi connectivity index (χ1v) is 12.2. The van der Waals surface area contributed by atoms with Crippen LogP contribution in [0.3, 0.4) is 0 Å². The van der Waals surface area contributed by atoms with Crippen LogP contribution in [0.5, 0.6) is 5.75 Å². The van der Waals surface area contributed by atoms with E-state index in [2.05, 4.69) is 25.7 Å². The molecule has 9 nitrogen and oxygen atoms in total. The second kappa shape index (κ2) is 11.6. The van der Waals surface area contributed by atoms with Gasteiger partial charge in [-0.25, -0.2) is 0 Å². The summed E-state index contributed by atoms with van der Waals surface area (Å²) in [5.41, 5.74) is 3.47. The molecule has 0 saturated carbocycles. The highest BCUT2D eigenvalue weighted by molar-refractivity contribution is 6.04. The molecule has 4 aromatic rings. The van der Waals surface area contributed by atoms with Crippen molar-refractivity contribution >= 4 is 17.5 Å². The normalized spacial score (nSPS) is 11.3. The van der Waals surface area contributed by atoms with Gasteiger partial charge >= 0.3 is 6.18 Å². The molecule has 1 aromatic carbocycles. The molecule has 3 aromatic heterocycles. The smallest absolute Gasteiger partial charge is 0.416 e. The van der Waals surface area contributed by atoms with E-state index >= 15 is 0 Å². The number of nitrogens with zero attached hydrogens (tertiary/aromatic N) is 4. The lowest BCUT2D eigenvalue weighted by Crippen LogP contribution is -2.19. The van der Waals surface area contributed by atoms with Gasteiger partial charge in [0.15, 0.2) is 0 Å². The van der Waals surface area contributed by atoms with Gasteiger partial charge in [0.1, 0.15) is 18.1 Å². The number of benzene rings is 1. The zero-order chi connectivity index (χ0) is 29.0. The summed E-state index contributed by atoms with van der Waals surface area (Å²) in [6.07, 6.45) is -1.46. The van der Waals surface area contributed by atoms with Gasteiger partial charge in [0, 0.05) is 19.4 Å². The number of halogens is 3. The molecule has 0 saturated heterocycles. The Morgan fingerprint density at radius 3 is 2.42 bits per heavy atom. The zero-order valence-corrected chi connectivity index (χ0v) is 22.3. The van der Waals surface area contributed by atoms with Gasteiger partial charge in [0.2, 0.25) is 0 Å². The molecule has 0 aliphatic heterocycles. The van der Waals surface area contributed by atoms with E-state index in [1.165, 1.54) is 26.2 Å². The third-order valence-electron chi connectivity index (χ3n) is 6.20. The predicted molar refractivity (Wildman–Crippen MR) is 141 cm³/mol. The Bertz CT molecular complexity index is 1550. The quantitative estimate of drug-likeness (QED) is 0.323. The summed E-state index contributed by atoms with van der Waals surface area (Å²) < 4.78 is 46.0. The molecular weight excluding hydrogens is 525 g/mol. The van der Waals surface area contributed by atoms with E-state index in [1.54, 1.807) is 42.1 Å². The summed E-state index contributed by atoms with van der Waals surface area (Å²) in [4.78, 5) is 33.1. The molecule has 40 heavy (non-hydrogen) atoms. The average molecular weight is 553 g/mol. The van der Waals surface area contributed by atoms with E-state index in [1.807, 2.05) is 6.92 Å². The fraction of sp³-hybridized carbons (Fsp3) is 0.250. The lowest BCUT2D eigenvalue weighted by atomic mass is 10.1. The molecule has 0 unspecified atom stereocenters. The number of carbonyl (C=O) groups excluding carboxylic acids is 2. The number of aryl methyl sites for hydroxylation is 2. The van der Waals surface area contributed by atoms with Crippen LogP contribution in [0, 0.1) is 20.8 Å². The Morgan fingerprint density at radius 2 is 1.77 bits per heavy atom. The van der Waals surface area contributed by atoms with Crippen LogP contribution < -0.4 is 15.4 Å². The van der Waals surface area contributed by atoms with Crippen molar-refractivity contribution in [1.82, 2.24) is 25.1 Å². The van der Waals surface area contributed by atoms with E-state index in [-0.39, 0.29) is 18.4 Å². The highest BCUT2D eigenvalue weighted by Gasteiger charge is 2.30. The third kappa shape index (κ3) is 6.45. The predicted octanol–water partition coefficient (Wildman–Crippen LogP) is 4.86. The molecule has 0 fully saturated rings. The Morgan fingerprint density at radius 1 is 1.00 bits per heavy atom. The molecule has 0 spiro atoms. The third-order valence-corrected chi connectivity index (χ3v) is 6.20. The molecule has 2 amide bonds. The van der Waals surface area contributed by atoms with Crippen LogP contribution in [0.25, 0.3) is 0 Å². The number of amides is 2. The number of hydrogen-bond acceptors (Lipinski definition) is 6. The van der Waals surface area contributed by atoms with Crippen LogP contribution in [0.15, 0.2) is 54.9 Å². The molecule has 0 aliphatic rings. The maximum atomic E-state index is 12.9. The van der Waals surface area contributed by atoms with E-state index in [4.69, 9.17) is 4.74 Å². The van der Waals surface area contributed by atoms with Crippen LogP contribution in [0.2, 0.25) is 0 Å². The summed E-state index contributed by atoms with van der Waals surface area (Å²) in [5, 5.41) is 9.95. The molecule has 4 rings (SSSR count). The Labute approximate surface area is 228 Å². The summed E-state index contributed by atoms with van der Waals surface area (Å²) in [6, 6.07) is 9.95. The molecule has 0 bridgehead atoms. The second-order valence-corrected chi connectivity index (χ2v) is 9.09. The summed E-state index contributed by atoms with van der Waals surface area (Å²) >= 11 is 0. The standard InChI is InChI=1S/C28H27F3N6O3/c1-16-11-21(28(29,30)31)6-8-24(16)40-15-22-7-5-20(13-34-22)26(38)35-25-17(2)36-37(18(25)3)14-19-9-10-33-23(12-19)27(39)32-4/h5-13H,14-15H2,1-4H3,(H,32,39)(H,35,38). The number of nitrogens with one attached hydrogen (secondary N) is 2.